The number of methoxy groups -OCH3 is 1. The Labute approximate surface area is 124 Å². The van der Waals surface area contributed by atoms with Crippen molar-refractivity contribution in [2.75, 3.05) is 13.7 Å². The Balaban J connectivity index is 2.21. The summed E-state index contributed by atoms with van der Waals surface area (Å²) in [6.45, 7) is 6.78. The van der Waals surface area contributed by atoms with Crippen LogP contribution in [-0.2, 0) is 16.0 Å². The van der Waals surface area contributed by atoms with Crippen molar-refractivity contribution in [1.82, 2.24) is 4.57 Å². The summed E-state index contributed by atoms with van der Waals surface area (Å²) in [6, 6.07) is 7.51. The van der Waals surface area contributed by atoms with E-state index in [2.05, 4.69) is 4.57 Å². The average Bonchev–Trinajstić information content (AvgIpc) is 2.78. The minimum absolute atomic E-state index is 0.498. The summed E-state index contributed by atoms with van der Waals surface area (Å²) >= 11 is 0. The first-order chi connectivity index (χ1) is 9.90. The topological polar surface area (TPSA) is 49.7 Å². The molecule has 0 saturated carbocycles. The van der Waals surface area contributed by atoms with Crippen LogP contribution in [0.3, 0.4) is 0 Å². The van der Waals surface area contributed by atoms with E-state index in [-0.39, 0.29) is 0 Å². The van der Waals surface area contributed by atoms with Crippen LogP contribution < -0.4 is 4.74 Å². The Hall–Kier alpha value is -2.01. The van der Waals surface area contributed by atoms with Crippen molar-refractivity contribution in [3.05, 3.63) is 30.5 Å². The fourth-order valence-electron chi connectivity index (χ4n) is 2.03. The van der Waals surface area contributed by atoms with Gasteiger partial charge in [0.1, 0.15) is 11.4 Å². The molecule has 0 radical (unpaired) electrons. The number of ether oxygens (including phenoxy) is 3. The molecule has 1 aromatic heterocycles. The van der Waals surface area contributed by atoms with Gasteiger partial charge in [-0.2, -0.15) is 0 Å². The van der Waals surface area contributed by atoms with Gasteiger partial charge in [-0.25, -0.2) is 4.79 Å². The summed E-state index contributed by atoms with van der Waals surface area (Å²) in [4.78, 5) is 11.8. The van der Waals surface area contributed by atoms with Gasteiger partial charge in [0.15, 0.2) is 0 Å². The highest BCUT2D eigenvalue weighted by Crippen LogP contribution is 2.27. The van der Waals surface area contributed by atoms with Gasteiger partial charge in [-0.15, -0.1) is 0 Å². The Morgan fingerprint density at radius 3 is 2.67 bits per heavy atom. The third kappa shape index (κ3) is 3.98. The summed E-state index contributed by atoms with van der Waals surface area (Å²) in [5.74, 6) is 0.498. The molecule has 1 heterocycles. The minimum Gasteiger partial charge on any atom is -0.428 e. The minimum atomic E-state index is -0.695. The second kappa shape index (κ2) is 6.18. The number of hydrogen-bond acceptors (Lipinski definition) is 4. The lowest BCUT2D eigenvalue weighted by atomic mass is 10.2. The van der Waals surface area contributed by atoms with Crippen LogP contribution in [0.4, 0.5) is 4.79 Å². The number of carbonyl (C=O) groups is 1. The van der Waals surface area contributed by atoms with Crippen molar-refractivity contribution in [3.8, 4) is 5.75 Å². The summed E-state index contributed by atoms with van der Waals surface area (Å²) in [6.07, 6.45) is 1.26. The van der Waals surface area contributed by atoms with E-state index in [9.17, 15) is 4.79 Å². The lowest BCUT2D eigenvalue weighted by Gasteiger charge is -2.18. The van der Waals surface area contributed by atoms with Crippen LogP contribution >= 0.6 is 0 Å². The van der Waals surface area contributed by atoms with E-state index in [0.29, 0.717) is 12.4 Å². The molecule has 2 aromatic rings. The summed E-state index contributed by atoms with van der Waals surface area (Å²) in [5.41, 5.74) is 0.420. The average molecular weight is 291 g/mol. The highest BCUT2D eigenvalue weighted by atomic mass is 16.7. The molecule has 0 unspecified atom stereocenters. The molecule has 0 saturated heterocycles. The van der Waals surface area contributed by atoms with Crippen molar-refractivity contribution in [2.24, 2.45) is 0 Å². The Bertz CT molecular complexity index is 625. The predicted octanol–water partition coefficient (Wildman–Crippen LogP) is 3.60. The maximum absolute atomic E-state index is 11.8. The molecular formula is C16H21NO4. The van der Waals surface area contributed by atoms with Gasteiger partial charge in [0, 0.05) is 25.2 Å². The molecule has 2 rings (SSSR count). The van der Waals surface area contributed by atoms with E-state index >= 15 is 0 Å². The highest BCUT2D eigenvalue weighted by molar-refractivity contribution is 5.88. The fraction of sp³-hybridized carbons (Fsp3) is 0.438. The highest BCUT2D eigenvalue weighted by Gasteiger charge is 2.19. The molecule has 0 bridgehead atoms. The Morgan fingerprint density at radius 1 is 1.24 bits per heavy atom. The Morgan fingerprint density at radius 2 is 2.00 bits per heavy atom. The van der Waals surface area contributed by atoms with Crippen LogP contribution in [-0.4, -0.2) is 30.0 Å². The van der Waals surface area contributed by atoms with Gasteiger partial charge >= 0.3 is 6.16 Å². The van der Waals surface area contributed by atoms with Gasteiger partial charge in [0.05, 0.1) is 12.1 Å². The number of fused-ring (bicyclic) bond motifs is 1. The van der Waals surface area contributed by atoms with Crippen molar-refractivity contribution < 1.29 is 19.0 Å². The van der Waals surface area contributed by atoms with Crippen molar-refractivity contribution >= 4 is 17.1 Å². The van der Waals surface area contributed by atoms with E-state index in [1.807, 2.05) is 24.4 Å². The van der Waals surface area contributed by atoms with Gasteiger partial charge in [0.25, 0.3) is 0 Å². The molecule has 1 aromatic carbocycles. The number of carbonyl (C=O) groups excluding carboxylic acids is 1. The van der Waals surface area contributed by atoms with Crippen LogP contribution in [0, 0.1) is 0 Å². The second-order valence-electron chi connectivity index (χ2n) is 5.76. The lowest BCUT2D eigenvalue weighted by molar-refractivity contribution is 0.0209. The first-order valence-corrected chi connectivity index (χ1v) is 6.88. The second-order valence-corrected chi connectivity index (χ2v) is 5.76. The van der Waals surface area contributed by atoms with Crippen LogP contribution in [0.2, 0.25) is 0 Å². The van der Waals surface area contributed by atoms with E-state index < -0.39 is 11.8 Å². The first kappa shape index (κ1) is 15.4. The molecular weight excluding hydrogens is 270 g/mol. The zero-order valence-corrected chi connectivity index (χ0v) is 12.9. The molecule has 0 N–H and O–H groups in total. The third-order valence-corrected chi connectivity index (χ3v) is 2.89. The summed E-state index contributed by atoms with van der Waals surface area (Å²) in [7, 11) is 1.67. The van der Waals surface area contributed by atoms with Gasteiger partial charge in [-0.05, 0) is 39.0 Å². The van der Waals surface area contributed by atoms with Gasteiger partial charge in [0.2, 0.25) is 0 Å². The van der Waals surface area contributed by atoms with E-state index in [1.165, 1.54) is 0 Å². The molecule has 0 amide bonds. The molecule has 21 heavy (non-hydrogen) atoms. The summed E-state index contributed by atoms with van der Waals surface area (Å²) < 4.78 is 17.6. The van der Waals surface area contributed by atoms with Crippen molar-refractivity contribution in [1.29, 1.82) is 0 Å². The van der Waals surface area contributed by atoms with E-state index in [0.717, 1.165) is 17.4 Å². The molecule has 0 aliphatic rings. The lowest BCUT2D eigenvalue weighted by Crippen LogP contribution is -2.26. The van der Waals surface area contributed by atoms with Gasteiger partial charge in [-0.1, -0.05) is 6.07 Å². The standard InChI is InChI=1S/C16H21NO4/c1-16(2,3)21-15(18)20-14-7-5-6-13-12(14)8-9-17(13)10-11-19-4/h5-9H,10-11H2,1-4H3. The fourth-order valence-corrected chi connectivity index (χ4v) is 2.03. The number of hydrogen-bond donors (Lipinski definition) is 0. The maximum atomic E-state index is 11.8. The normalized spacial score (nSPS) is 11.6. The molecule has 5 nitrogen and oxygen atoms in total. The molecule has 0 aliphatic heterocycles. The SMILES string of the molecule is COCCn1ccc2c(OC(=O)OC(C)(C)C)cccc21. The number of benzene rings is 1. The van der Waals surface area contributed by atoms with Gasteiger partial charge < -0.3 is 18.8 Å². The molecule has 5 heteroatoms. The van der Waals surface area contributed by atoms with Crippen LogP contribution in [0.25, 0.3) is 10.9 Å². The van der Waals surface area contributed by atoms with E-state index in [1.54, 1.807) is 33.9 Å². The van der Waals surface area contributed by atoms with Crippen LogP contribution in [0.5, 0.6) is 5.75 Å². The largest absolute Gasteiger partial charge is 0.514 e. The van der Waals surface area contributed by atoms with Crippen LogP contribution in [0.1, 0.15) is 20.8 Å². The van der Waals surface area contributed by atoms with E-state index in [4.69, 9.17) is 14.2 Å². The molecule has 0 fully saturated rings. The third-order valence-electron chi connectivity index (χ3n) is 2.89. The zero-order chi connectivity index (χ0) is 15.5. The Kier molecular flexibility index (Phi) is 4.53. The van der Waals surface area contributed by atoms with Gasteiger partial charge in [-0.3, -0.25) is 0 Å². The number of rotatable bonds is 4. The maximum Gasteiger partial charge on any atom is 0.514 e. The smallest absolute Gasteiger partial charge is 0.428 e. The summed E-state index contributed by atoms with van der Waals surface area (Å²) in [5, 5.41) is 0.875. The zero-order valence-electron chi connectivity index (χ0n) is 12.9. The predicted molar refractivity (Wildman–Crippen MR) is 80.7 cm³/mol. The monoisotopic (exact) mass is 291 g/mol. The first-order valence-electron chi connectivity index (χ1n) is 6.88. The van der Waals surface area contributed by atoms with Crippen molar-refractivity contribution in [3.63, 3.8) is 0 Å². The quantitative estimate of drug-likeness (QED) is 0.638. The number of nitrogens with zero attached hydrogens (tertiary/aromatic N) is 1. The molecule has 0 aliphatic carbocycles. The number of aromatic nitrogens is 1. The molecule has 114 valence electrons. The van der Waals surface area contributed by atoms with Crippen LogP contribution in [0.15, 0.2) is 30.5 Å². The molecule has 0 atom stereocenters. The van der Waals surface area contributed by atoms with Crippen molar-refractivity contribution in [2.45, 2.75) is 32.9 Å². The molecule has 0 spiro atoms.